The molecule has 1 atom stereocenters. The van der Waals surface area contributed by atoms with Gasteiger partial charge in [-0.05, 0) is 24.1 Å². The summed E-state index contributed by atoms with van der Waals surface area (Å²) < 4.78 is 4.60. The van der Waals surface area contributed by atoms with Crippen LogP contribution in [-0.2, 0) is 14.3 Å². The average molecular weight is 292 g/mol. The van der Waals surface area contributed by atoms with Crippen molar-refractivity contribution in [1.82, 2.24) is 5.32 Å². The Balaban J connectivity index is 2.67. The summed E-state index contributed by atoms with van der Waals surface area (Å²) in [5.41, 5.74) is 0.768. The highest BCUT2D eigenvalue weighted by atomic mass is 16.6. The predicted octanol–water partition coefficient (Wildman–Crippen LogP) is 1.68. The number of nitro benzene ring substituents is 1. The van der Waals surface area contributed by atoms with E-state index in [2.05, 4.69) is 10.1 Å². The fourth-order valence-corrected chi connectivity index (χ4v) is 1.65. The number of nitrogens with zero attached hydrogens (tertiary/aromatic N) is 1. The van der Waals surface area contributed by atoms with Gasteiger partial charge >= 0.3 is 5.97 Å². The lowest BCUT2D eigenvalue weighted by atomic mass is 10.1. The van der Waals surface area contributed by atoms with Crippen molar-refractivity contribution < 1.29 is 19.2 Å². The maximum atomic E-state index is 11.5. The molecule has 0 heterocycles. The van der Waals surface area contributed by atoms with Crippen molar-refractivity contribution in [1.29, 1.82) is 0 Å². The second-order valence-electron chi connectivity index (χ2n) is 4.26. The van der Waals surface area contributed by atoms with E-state index in [1.54, 1.807) is 24.3 Å². The first-order chi connectivity index (χ1) is 9.93. The molecule has 7 heteroatoms. The molecule has 0 radical (unpaired) electrons. The minimum atomic E-state index is -0.748. The normalized spacial score (nSPS) is 11.9. The van der Waals surface area contributed by atoms with Gasteiger partial charge in [0.1, 0.15) is 6.04 Å². The van der Waals surface area contributed by atoms with Crippen LogP contribution in [0.2, 0.25) is 0 Å². The number of non-ortho nitro benzene ring substituents is 1. The SMILES string of the molecule is COC(=O)[C@@H](C/C=C/c1ccc([N+](=O)[O-])cc1)NC(C)=O. The molecule has 1 amide bonds. The number of hydrogen-bond acceptors (Lipinski definition) is 5. The van der Waals surface area contributed by atoms with E-state index in [4.69, 9.17) is 0 Å². The Labute approximate surface area is 121 Å². The quantitative estimate of drug-likeness (QED) is 0.488. The summed E-state index contributed by atoms with van der Waals surface area (Å²) in [4.78, 5) is 32.5. The number of amides is 1. The zero-order valence-corrected chi connectivity index (χ0v) is 11.7. The summed E-state index contributed by atoms with van der Waals surface area (Å²) in [6.07, 6.45) is 3.67. The molecule has 1 aromatic rings. The summed E-state index contributed by atoms with van der Waals surface area (Å²) in [6, 6.07) is 5.23. The van der Waals surface area contributed by atoms with Gasteiger partial charge in [0, 0.05) is 19.1 Å². The lowest BCUT2D eigenvalue weighted by Gasteiger charge is -2.13. The molecule has 0 aliphatic carbocycles. The first-order valence-corrected chi connectivity index (χ1v) is 6.20. The molecule has 0 unspecified atom stereocenters. The summed E-state index contributed by atoms with van der Waals surface area (Å²) in [5, 5.41) is 13.0. The van der Waals surface area contributed by atoms with Crippen molar-refractivity contribution in [3.63, 3.8) is 0 Å². The number of nitrogens with one attached hydrogen (secondary N) is 1. The van der Waals surface area contributed by atoms with E-state index in [9.17, 15) is 19.7 Å². The molecule has 7 nitrogen and oxygen atoms in total. The maximum Gasteiger partial charge on any atom is 0.328 e. The lowest BCUT2D eigenvalue weighted by Crippen LogP contribution is -2.39. The van der Waals surface area contributed by atoms with E-state index in [0.29, 0.717) is 0 Å². The molecule has 0 saturated carbocycles. The fraction of sp³-hybridized carbons (Fsp3) is 0.286. The summed E-state index contributed by atoms with van der Waals surface area (Å²) in [7, 11) is 1.25. The predicted molar refractivity (Wildman–Crippen MR) is 76.4 cm³/mol. The van der Waals surface area contributed by atoms with Gasteiger partial charge < -0.3 is 10.1 Å². The van der Waals surface area contributed by atoms with Gasteiger partial charge in [-0.2, -0.15) is 0 Å². The van der Waals surface area contributed by atoms with Crippen molar-refractivity contribution >= 4 is 23.6 Å². The Kier molecular flexibility index (Phi) is 6.06. The van der Waals surface area contributed by atoms with Crippen molar-refractivity contribution in [2.24, 2.45) is 0 Å². The number of hydrogen-bond donors (Lipinski definition) is 1. The van der Waals surface area contributed by atoms with E-state index in [0.717, 1.165) is 5.56 Å². The molecule has 0 saturated heterocycles. The molecule has 1 N–H and O–H groups in total. The highest BCUT2D eigenvalue weighted by molar-refractivity contribution is 5.83. The van der Waals surface area contributed by atoms with Gasteiger partial charge in [-0.1, -0.05) is 12.2 Å². The van der Waals surface area contributed by atoms with Crippen LogP contribution in [0.3, 0.4) is 0 Å². The number of ether oxygens (including phenoxy) is 1. The molecule has 112 valence electrons. The number of carbonyl (C=O) groups excluding carboxylic acids is 2. The third-order valence-electron chi connectivity index (χ3n) is 2.65. The van der Waals surface area contributed by atoms with Crippen molar-refractivity contribution in [3.05, 3.63) is 46.0 Å². The first-order valence-electron chi connectivity index (χ1n) is 6.20. The van der Waals surface area contributed by atoms with Crippen LogP contribution in [0.5, 0.6) is 0 Å². The first kappa shape index (κ1) is 16.4. The zero-order chi connectivity index (χ0) is 15.8. The maximum absolute atomic E-state index is 11.5. The smallest absolute Gasteiger partial charge is 0.328 e. The molecule has 0 aliphatic rings. The van der Waals surface area contributed by atoms with Crippen LogP contribution in [0.15, 0.2) is 30.3 Å². The van der Waals surface area contributed by atoms with E-state index in [1.165, 1.54) is 26.2 Å². The second-order valence-corrected chi connectivity index (χ2v) is 4.26. The molecule has 1 rings (SSSR count). The average Bonchev–Trinajstić information content (AvgIpc) is 2.45. The Morgan fingerprint density at radius 3 is 2.48 bits per heavy atom. The monoisotopic (exact) mass is 292 g/mol. The standard InChI is InChI=1S/C14H16N2O5/c1-10(17)15-13(14(18)21-2)5-3-4-11-6-8-12(9-7-11)16(19)20/h3-4,6-9,13H,5H2,1-2H3,(H,15,17)/b4-3+/t13-/m1/s1. The lowest BCUT2D eigenvalue weighted by molar-refractivity contribution is -0.384. The molecule has 0 fully saturated rings. The molecule has 1 aromatic carbocycles. The van der Waals surface area contributed by atoms with Crippen molar-refractivity contribution in [3.8, 4) is 0 Å². The topological polar surface area (TPSA) is 98.5 Å². The highest BCUT2D eigenvalue weighted by Gasteiger charge is 2.18. The minimum absolute atomic E-state index is 0.0119. The third-order valence-corrected chi connectivity index (χ3v) is 2.65. The van der Waals surface area contributed by atoms with Crippen LogP contribution >= 0.6 is 0 Å². The number of rotatable bonds is 6. The van der Waals surface area contributed by atoms with Gasteiger partial charge in [-0.15, -0.1) is 0 Å². The van der Waals surface area contributed by atoms with Crippen LogP contribution in [-0.4, -0.2) is 30.0 Å². The van der Waals surface area contributed by atoms with Crippen LogP contribution < -0.4 is 5.32 Å². The fourth-order valence-electron chi connectivity index (χ4n) is 1.65. The number of methoxy groups -OCH3 is 1. The summed E-state index contributed by atoms with van der Waals surface area (Å²) in [6.45, 7) is 1.32. The Hall–Kier alpha value is -2.70. The molecular weight excluding hydrogens is 276 g/mol. The van der Waals surface area contributed by atoms with Crippen molar-refractivity contribution in [2.45, 2.75) is 19.4 Å². The van der Waals surface area contributed by atoms with Gasteiger partial charge in [0.25, 0.3) is 5.69 Å². The largest absolute Gasteiger partial charge is 0.467 e. The van der Waals surface area contributed by atoms with Gasteiger partial charge in [0.15, 0.2) is 0 Å². The Bertz CT molecular complexity index is 551. The summed E-state index contributed by atoms with van der Waals surface area (Å²) >= 11 is 0. The van der Waals surface area contributed by atoms with Gasteiger partial charge in [0.05, 0.1) is 12.0 Å². The Morgan fingerprint density at radius 1 is 1.38 bits per heavy atom. The second kappa shape index (κ2) is 7.78. The number of carbonyl (C=O) groups is 2. The van der Waals surface area contributed by atoms with Crippen LogP contribution in [0, 0.1) is 10.1 Å². The van der Waals surface area contributed by atoms with Crippen LogP contribution in [0.1, 0.15) is 18.9 Å². The van der Waals surface area contributed by atoms with E-state index >= 15 is 0 Å². The highest BCUT2D eigenvalue weighted by Crippen LogP contribution is 2.13. The minimum Gasteiger partial charge on any atom is -0.467 e. The van der Waals surface area contributed by atoms with Gasteiger partial charge in [0.2, 0.25) is 5.91 Å². The summed E-state index contributed by atoms with van der Waals surface area (Å²) in [5.74, 6) is -0.854. The third kappa shape index (κ3) is 5.43. The molecule has 21 heavy (non-hydrogen) atoms. The van der Waals surface area contributed by atoms with E-state index < -0.39 is 16.9 Å². The van der Waals surface area contributed by atoms with Gasteiger partial charge in [-0.25, -0.2) is 4.79 Å². The molecule has 0 bridgehead atoms. The zero-order valence-electron chi connectivity index (χ0n) is 11.7. The van der Waals surface area contributed by atoms with Crippen LogP contribution in [0.25, 0.3) is 6.08 Å². The van der Waals surface area contributed by atoms with E-state index in [1.807, 2.05) is 0 Å². The van der Waals surface area contributed by atoms with Crippen LogP contribution in [0.4, 0.5) is 5.69 Å². The number of esters is 1. The molecular formula is C14H16N2O5. The molecule has 0 spiro atoms. The molecule has 0 aliphatic heterocycles. The van der Waals surface area contributed by atoms with Gasteiger partial charge in [-0.3, -0.25) is 14.9 Å². The Morgan fingerprint density at radius 2 is 2.00 bits per heavy atom. The van der Waals surface area contributed by atoms with E-state index in [-0.39, 0.29) is 18.0 Å². The molecule has 0 aromatic heterocycles. The number of nitro groups is 1. The number of benzene rings is 1. The van der Waals surface area contributed by atoms with Crippen molar-refractivity contribution in [2.75, 3.05) is 7.11 Å².